The van der Waals surface area contributed by atoms with Crippen LogP contribution in [0.4, 0.5) is 0 Å². The maximum atomic E-state index is 12.4. The summed E-state index contributed by atoms with van der Waals surface area (Å²) in [5, 5.41) is 19.3. The Morgan fingerprint density at radius 3 is 2.58 bits per heavy atom. The van der Waals surface area contributed by atoms with Crippen LogP contribution >= 0.6 is 0 Å². The molecule has 26 heavy (non-hydrogen) atoms. The average Bonchev–Trinajstić information content (AvgIpc) is 3.18. The highest BCUT2D eigenvalue weighted by Crippen LogP contribution is 2.21. The van der Waals surface area contributed by atoms with Crippen molar-refractivity contribution in [1.29, 1.82) is 0 Å². The third-order valence-electron chi connectivity index (χ3n) is 4.09. The van der Waals surface area contributed by atoms with Crippen LogP contribution in [0.3, 0.4) is 0 Å². The van der Waals surface area contributed by atoms with E-state index in [1.165, 1.54) is 0 Å². The fourth-order valence-corrected chi connectivity index (χ4v) is 2.67. The minimum Gasteiger partial charge on any atom is -0.497 e. The Hall–Kier alpha value is -3.12. The fraction of sp³-hybridized carbons (Fsp3) is 0.200. The molecular formula is C20H21N3O3. The lowest BCUT2D eigenvalue weighted by Gasteiger charge is -2.15. The van der Waals surface area contributed by atoms with Crippen LogP contribution in [0.5, 0.6) is 5.75 Å². The molecule has 0 saturated carbocycles. The van der Waals surface area contributed by atoms with Crippen molar-refractivity contribution in [2.24, 2.45) is 0 Å². The third-order valence-corrected chi connectivity index (χ3v) is 4.09. The van der Waals surface area contributed by atoms with Gasteiger partial charge < -0.3 is 15.2 Å². The monoisotopic (exact) mass is 351 g/mol. The summed E-state index contributed by atoms with van der Waals surface area (Å²) in [6.07, 6.45) is 0.558. The first kappa shape index (κ1) is 17.7. The molecule has 0 spiro atoms. The molecule has 1 atom stereocenters. The molecule has 0 radical (unpaired) electrons. The van der Waals surface area contributed by atoms with Gasteiger partial charge in [-0.2, -0.15) is 5.10 Å². The largest absolute Gasteiger partial charge is 0.497 e. The van der Waals surface area contributed by atoms with Gasteiger partial charge in [0.1, 0.15) is 11.4 Å². The highest BCUT2D eigenvalue weighted by Gasteiger charge is 2.16. The molecule has 0 aliphatic carbocycles. The smallest absolute Gasteiger partial charge is 0.269 e. The molecule has 0 aliphatic rings. The quantitative estimate of drug-likeness (QED) is 0.610. The lowest BCUT2D eigenvalue weighted by atomic mass is 10.1. The van der Waals surface area contributed by atoms with Crippen LogP contribution in [0.2, 0.25) is 0 Å². The van der Waals surface area contributed by atoms with Gasteiger partial charge in [0.2, 0.25) is 0 Å². The third kappa shape index (κ3) is 4.29. The summed E-state index contributed by atoms with van der Waals surface area (Å²) in [5.74, 6) is 0.459. The van der Waals surface area contributed by atoms with Crippen molar-refractivity contribution in [2.45, 2.75) is 12.5 Å². The normalized spacial score (nSPS) is 11.8. The van der Waals surface area contributed by atoms with Gasteiger partial charge in [0.15, 0.2) is 0 Å². The fourth-order valence-electron chi connectivity index (χ4n) is 2.67. The number of hydrogen-bond donors (Lipinski definition) is 3. The summed E-state index contributed by atoms with van der Waals surface area (Å²) >= 11 is 0. The molecule has 0 aliphatic heterocycles. The molecule has 134 valence electrons. The van der Waals surface area contributed by atoms with Gasteiger partial charge in [-0.05, 0) is 42.3 Å². The van der Waals surface area contributed by atoms with E-state index in [9.17, 15) is 9.90 Å². The van der Waals surface area contributed by atoms with Crippen LogP contribution in [0, 0.1) is 0 Å². The minimum atomic E-state index is -0.363. The molecule has 1 heterocycles. The van der Waals surface area contributed by atoms with Crippen LogP contribution in [-0.4, -0.2) is 41.0 Å². The summed E-state index contributed by atoms with van der Waals surface area (Å²) < 4.78 is 5.14. The molecule has 3 aromatic rings. The molecule has 0 fully saturated rings. The summed E-state index contributed by atoms with van der Waals surface area (Å²) in [5.41, 5.74) is 2.95. The van der Waals surface area contributed by atoms with Crippen LogP contribution < -0.4 is 10.1 Å². The Labute approximate surface area is 151 Å². The highest BCUT2D eigenvalue weighted by molar-refractivity contribution is 5.93. The van der Waals surface area contributed by atoms with E-state index in [0.29, 0.717) is 17.8 Å². The van der Waals surface area contributed by atoms with Gasteiger partial charge in [-0.25, -0.2) is 0 Å². The highest BCUT2D eigenvalue weighted by atomic mass is 16.5. The molecule has 3 N–H and O–H groups in total. The summed E-state index contributed by atoms with van der Waals surface area (Å²) in [7, 11) is 1.61. The second-order valence-electron chi connectivity index (χ2n) is 5.94. The molecule has 1 unspecified atom stereocenters. The number of rotatable bonds is 7. The number of carbonyl (C=O) groups excluding carboxylic acids is 1. The first-order valence-corrected chi connectivity index (χ1v) is 8.35. The van der Waals surface area contributed by atoms with Gasteiger partial charge in [0.25, 0.3) is 5.91 Å². The molecule has 6 heteroatoms. The first-order valence-electron chi connectivity index (χ1n) is 8.35. The number of H-pyrrole nitrogens is 1. The number of benzene rings is 2. The number of aromatic amines is 1. The Morgan fingerprint density at radius 2 is 1.92 bits per heavy atom. The van der Waals surface area contributed by atoms with Gasteiger partial charge in [-0.15, -0.1) is 0 Å². The Bertz CT molecular complexity index is 844. The maximum absolute atomic E-state index is 12.4. The van der Waals surface area contributed by atoms with Crippen molar-refractivity contribution < 1.29 is 14.6 Å². The van der Waals surface area contributed by atoms with E-state index in [-0.39, 0.29) is 18.6 Å². The van der Waals surface area contributed by atoms with Crippen LogP contribution in [0.1, 0.15) is 16.1 Å². The van der Waals surface area contributed by atoms with E-state index in [1.54, 1.807) is 13.2 Å². The van der Waals surface area contributed by atoms with E-state index < -0.39 is 0 Å². The molecule has 6 nitrogen and oxygen atoms in total. The number of ether oxygens (including phenoxy) is 1. The lowest BCUT2D eigenvalue weighted by molar-refractivity contribution is 0.0911. The van der Waals surface area contributed by atoms with Crippen LogP contribution in [0.15, 0.2) is 60.7 Å². The topological polar surface area (TPSA) is 87.2 Å². The Balaban J connectivity index is 1.66. The Kier molecular flexibility index (Phi) is 5.66. The molecule has 3 rings (SSSR count). The van der Waals surface area contributed by atoms with Crippen molar-refractivity contribution in [1.82, 2.24) is 15.5 Å². The lowest BCUT2D eigenvalue weighted by Crippen LogP contribution is -2.39. The predicted molar refractivity (Wildman–Crippen MR) is 99.1 cm³/mol. The van der Waals surface area contributed by atoms with Crippen molar-refractivity contribution in [2.75, 3.05) is 13.7 Å². The zero-order chi connectivity index (χ0) is 18.4. The van der Waals surface area contributed by atoms with E-state index >= 15 is 0 Å². The molecule has 1 amide bonds. The van der Waals surface area contributed by atoms with Gasteiger partial charge >= 0.3 is 0 Å². The van der Waals surface area contributed by atoms with E-state index in [0.717, 1.165) is 16.9 Å². The van der Waals surface area contributed by atoms with Gasteiger partial charge in [-0.1, -0.05) is 30.3 Å². The average molecular weight is 351 g/mol. The van der Waals surface area contributed by atoms with Crippen molar-refractivity contribution in [3.63, 3.8) is 0 Å². The SMILES string of the molecule is COc1ccc(-c2cc(C(=O)NC(CO)Cc3ccccc3)[nH]n2)cc1. The zero-order valence-corrected chi connectivity index (χ0v) is 14.5. The molecule has 1 aromatic heterocycles. The molecule has 0 bridgehead atoms. The molecule has 0 saturated heterocycles. The van der Waals surface area contributed by atoms with Gasteiger partial charge in [0, 0.05) is 5.56 Å². The van der Waals surface area contributed by atoms with E-state index in [4.69, 9.17) is 4.74 Å². The number of aliphatic hydroxyl groups excluding tert-OH is 1. The molecular weight excluding hydrogens is 330 g/mol. The second-order valence-corrected chi connectivity index (χ2v) is 5.94. The predicted octanol–water partition coefficient (Wildman–Crippen LogP) is 2.42. The number of carbonyl (C=O) groups is 1. The van der Waals surface area contributed by atoms with E-state index in [2.05, 4.69) is 15.5 Å². The maximum Gasteiger partial charge on any atom is 0.269 e. The van der Waals surface area contributed by atoms with Gasteiger partial charge in [-0.3, -0.25) is 9.89 Å². The number of aliphatic hydroxyl groups is 1. The first-order chi connectivity index (χ1) is 12.7. The number of nitrogens with one attached hydrogen (secondary N) is 2. The number of nitrogens with zero attached hydrogens (tertiary/aromatic N) is 1. The Morgan fingerprint density at radius 1 is 1.19 bits per heavy atom. The van der Waals surface area contributed by atoms with Crippen molar-refractivity contribution in [3.05, 3.63) is 71.9 Å². The summed E-state index contributed by atoms with van der Waals surface area (Å²) in [4.78, 5) is 12.4. The molecule has 2 aromatic carbocycles. The zero-order valence-electron chi connectivity index (χ0n) is 14.5. The summed E-state index contributed by atoms with van der Waals surface area (Å²) in [6.45, 7) is -0.139. The number of hydrogen-bond acceptors (Lipinski definition) is 4. The minimum absolute atomic E-state index is 0.139. The van der Waals surface area contributed by atoms with E-state index in [1.807, 2.05) is 54.6 Å². The number of methoxy groups -OCH3 is 1. The summed E-state index contributed by atoms with van der Waals surface area (Å²) in [6, 6.07) is 18.5. The van der Waals surface area contributed by atoms with Crippen LogP contribution in [-0.2, 0) is 6.42 Å². The number of amides is 1. The number of aromatic nitrogens is 2. The standard InChI is InChI=1S/C20H21N3O3/c1-26-17-9-7-15(8-10-17)18-12-19(23-22-18)20(25)21-16(13-24)11-14-5-3-2-4-6-14/h2-10,12,16,24H,11,13H2,1H3,(H,21,25)(H,22,23). The van der Waals surface area contributed by atoms with Gasteiger partial charge in [0.05, 0.1) is 25.5 Å². The second kappa shape index (κ2) is 8.31. The van der Waals surface area contributed by atoms with Crippen LogP contribution in [0.25, 0.3) is 11.3 Å². The van der Waals surface area contributed by atoms with Crippen molar-refractivity contribution in [3.8, 4) is 17.0 Å². The van der Waals surface area contributed by atoms with Crippen molar-refractivity contribution >= 4 is 5.91 Å².